The van der Waals surface area contributed by atoms with Gasteiger partial charge in [0, 0.05) is 26.9 Å². The number of aromatic nitrogens is 1. The summed E-state index contributed by atoms with van der Waals surface area (Å²) in [6.45, 7) is 4.00. The molecular formula is C30H26N2O2S. The molecule has 5 aromatic rings. The van der Waals surface area contributed by atoms with E-state index < -0.39 is 0 Å². The summed E-state index contributed by atoms with van der Waals surface area (Å²) in [6, 6.07) is 31.3. The Morgan fingerprint density at radius 1 is 0.829 bits per heavy atom. The minimum atomic E-state index is -0.267. The molecule has 0 spiro atoms. The minimum Gasteiger partial charge on any atom is -0.322 e. The molecule has 0 aliphatic carbocycles. The number of rotatable bonds is 6. The molecule has 4 nitrogen and oxygen atoms in total. The molecule has 1 atom stereocenters. The number of anilines is 1. The van der Waals surface area contributed by atoms with E-state index in [1.165, 1.54) is 11.8 Å². The lowest BCUT2D eigenvalue weighted by atomic mass is 10.1. The summed E-state index contributed by atoms with van der Waals surface area (Å²) >= 11 is 1.53. The zero-order valence-corrected chi connectivity index (χ0v) is 20.5. The first kappa shape index (κ1) is 22.9. The van der Waals surface area contributed by atoms with Crippen molar-refractivity contribution in [2.45, 2.75) is 30.4 Å². The molecule has 1 amide bonds. The van der Waals surface area contributed by atoms with Crippen LogP contribution in [0.15, 0.2) is 102 Å². The van der Waals surface area contributed by atoms with Gasteiger partial charge in [0.15, 0.2) is 0 Å². The van der Waals surface area contributed by atoms with E-state index in [1.54, 1.807) is 6.07 Å². The first-order valence-electron chi connectivity index (χ1n) is 11.7. The van der Waals surface area contributed by atoms with Crippen molar-refractivity contribution < 1.29 is 9.59 Å². The molecule has 0 saturated heterocycles. The van der Waals surface area contributed by atoms with Gasteiger partial charge >= 0.3 is 0 Å². The maximum absolute atomic E-state index is 13.8. The molecule has 4 aromatic carbocycles. The van der Waals surface area contributed by atoms with Crippen LogP contribution in [0.25, 0.3) is 21.8 Å². The fraction of sp³-hybridized carbons (Fsp3) is 0.133. The lowest BCUT2D eigenvalue weighted by Crippen LogP contribution is -2.23. The molecule has 35 heavy (non-hydrogen) atoms. The van der Waals surface area contributed by atoms with Crippen molar-refractivity contribution in [3.63, 3.8) is 0 Å². The Kier molecular flexibility index (Phi) is 6.43. The summed E-state index contributed by atoms with van der Waals surface area (Å²) in [6.07, 6.45) is 0.685. The van der Waals surface area contributed by atoms with Crippen LogP contribution < -0.4 is 5.32 Å². The molecule has 5 heteroatoms. The summed E-state index contributed by atoms with van der Waals surface area (Å²) in [5.74, 6) is -0.0895. The third-order valence-corrected chi connectivity index (χ3v) is 7.44. The predicted molar refractivity (Wildman–Crippen MR) is 146 cm³/mol. The number of para-hydroxylation sites is 2. The van der Waals surface area contributed by atoms with Gasteiger partial charge in [-0.25, -0.2) is 0 Å². The van der Waals surface area contributed by atoms with Crippen molar-refractivity contribution in [3.05, 3.63) is 108 Å². The first-order valence-corrected chi connectivity index (χ1v) is 12.6. The number of nitrogens with zero attached hydrogens (tertiary/aromatic N) is 1. The number of amides is 1. The van der Waals surface area contributed by atoms with Gasteiger partial charge in [-0.05, 0) is 55.8 Å². The minimum absolute atomic E-state index is 0.0594. The van der Waals surface area contributed by atoms with Crippen LogP contribution in [0.2, 0.25) is 0 Å². The van der Waals surface area contributed by atoms with Crippen LogP contribution >= 0.6 is 11.8 Å². The van der Waals surface area contributed by atoms with Gasteiger partial charge in [-0.1, -0.05) is 67.1 Å². The van der Waals surface area contributed by atoms with Gasteiger partial charge in [-0.2, -0.15) is 0 Å². The van der Waals surface area contributed by atoms with Gasteiger partial charge in [0.25, 0.3) is 5.91 Å². The quantitative estimate of drug-likeness (QED) is 0.256. The number of hydrogen-bond acceptors (Lipinski definition) is 3. The van der Waals surface area contributed by atoms with Crippen LogP contribution in [-0.2, 0) is 0 Å². The summed E-state index contributed by atoms with van der Waals surface area (Å²) in [7, 11) is 0. The zero-order chi connectivity index (χ0) is 24.4. The zero-order valence-electron chi connectivity index (χ0n) is 19.7. The van der Waals surface area contributed by atoms with Crippen molar-refractivity contribution in [1.82, 2.24) is 4.57 Å². The van der Waals surface area contributed by atoms with Crippen molar-refractivity contribution >= 4 is 51.1 Å². The van der Waals surface area contributed by atoms with Gasteiger partial charge in [0.1, 0.15) is 0 Å². The van der Waals surface area contributed by atoms with Crippen molar-refractivity contribution in [1.29, 1.82) is 0 Å². The maximum Gasteiger partial charge on any atom is 0.255 e. The first-order chi connectivity index (χ1) is 17.0. The van der Waals surface area contributed by atoms with Gasteiger partial charge in [0.05, 0.1) is 16.3 Å². The molecule has 0 saturated carbocycles. The highest BCUT2D eigenvalue weighted by Gasteiger charge is 2.24. The van der Waals surface area contributed by atoms with Gasteiger partial charge in [-0.15, -0.1) is 11.8 Å². The normalized spacial score (nSPS) is 12.1. The second kappa shape index (κ2) is 9.80. The molecular weight excluding hydrogens is 452 g/mol. The van der Waals surface area contributed by atoms with E-state index >= 15 is 0 Å². The highest BCUT2D eigenvalue weighted by Crippen LogP contribution is 2.33. The van der Waals surface area contributed by atoms with Crippen LogP contribution in [-0.4, -0.2) is 21.6 Å². The average Bonchev–Trinajstić information content (AvgIpc) is 3.21. The highest BCUT2D eigenvalue weighted by atomic mass is 32.2. The molecule has 0 fully saturated rings. The summed E-state index contributed by atoms with van der Waals surface area (Å²) < 4.78 is 1.86. The fourth-order valence-electron chi connectivity index (χ4n) is 4.41. The molecule has 1 aromatic heterocycles. The van der Waals surface area contributed by atoms with Crippen LogP contribution in [0.5, 0.6) is 0 Å². The van der Waals surface area contributed by atoms with E-state index in [9.17, 15) is 9.59 Å². The van der Waals surface area contributed by atoms with E-state index in [0.29, 0.717) is 17.7 Å². The number of hydrogen-bond donors (Lipinski definition) is 1. The fourth-order valence-corrected chi connectivity index (χ4v) is 5.47. The van der Waals surface area contributed by atoms with E-state index in [2.05, 4.69) is 17.4 Å². The number of nitrogens with one attached hydrogen (secondary N) is 1. The Labute approximate surface area is 209 Å². The molecule has 5 rings (SSSR count). The monoisotopic (exact) mass is 478 g/mol. The molecule has 1 N–H and O–H groups in total. The summed E-state index contributed by atoms with van der Waals surface area (Å²) in [5.41, 5.74) is 4.22. The largest absolute Gasteiger partial charge is 0.322 e. The van der Waals surface area contributed by atoms with Gasteiger partial charge in [-0.3, -0.25) is 14.2 Å². The van der Waals surface area contributed by atoms with E-state index in [1.807, 2.05) is 97.3 Å². The molecule has 0 radical (unpaired) electrons. The second-order valence-electron chi connectivity index (χ2n) is 8.57. The third-order valence-electron chi connectivity index (χ3n) is 6.10. The second-order valence-corrected chi connectivity index (χ2v) is 9.85. The standard InChI is InChI=1S/C30H26N2O2S/c1-3-28(30(34)32-26-16-6-4-14-24(26)25-15-5-7-17-27(25)32)35-23-13-9-12-22(19-23)31-29(33)21-11-8-10-20(2)18-21/h4-19,28H,3H2,1-2H3,(H,31,33). The average molecular weight is 479 g/mol. The number of benzene rings is 4. The van der Waals surface area contributed by atoms with Crippen LogP contribution in [0, 0.1) is 6.92 Å². The van der Waals surface area contributed by atoms with E-state index in [4.69, 9.17) is 0 Å². The smallest absolute Gasteiger partial charge is 0.255 e. The Morgan fingerprint density at radius 2 is 1.49 bits per heavy atom. The Morgan fingerprint density at radius 3 is 2.14 bits per heavy atom. The molecule has 0 bridgehead atoms. The molecule has 0 aliphatic heterocycles. The Hall–Kier alpha value is -3.83. The van der Waals surface area contributed by atoms with Crippen LogP contribution in [0.3, 0.4) is 0 Å². The number of aryl methyl sites for hydroxylation is 1. The molecule has 1 heterocycles. The number of thioether (sulfide) groups is 1. The third kappa shape index (κ3) is 4.60. The van der Waals surface area contributed by atoms with Gasteiger partial charge in [0.2, 0.25) is 5.91 Å². The number of carbonyl (C=O) groups excluding carboxylic acids is 2. The highest BCUT2D eigenvalue weighted by molar-refractivity contribution is 8.00. The summed E-state index contributed by atoms with van der Waals surface area (Å²) in [5, 5.41) is 4.87. The Balaban J connectivity index is 1.41. The number of fused-ring (bicyclic) bond motifs is 3. The lowest BCUT2D eigenvalue weighted by Gasteiger charge is -2.16. The van der Waals surface area contributed by atoms with E-state index in [-0.39, 0.29) is 17.1 Å². The number of carbonyl (C=O) groups is 2. The van der Waals surface area contributed by atoms with Crippen molar-refractivity contribution in [2.24, 2.45) is 0 Å². The van der Waals surface area contributed by atoms with E-state index in [0.717, 1.165) is 32.3 Å². The molecule has 174 valence electrons. The SMILES string of the molecule is CCC(Sc1cccc(NC(=O)c2cccc(C)c2)c1)C(=O)n1c2ccccc2c2ccccc21. The maximum atomic E-state index is 13.8. The van der Waals surface area contributed by atoms with Gasteiger partial charge < -0.3 is 5.32 Å². The van der Waals surface area contributed by atoms with Crippen molar-refractivity contribution in [3.8, 4) is 0 Å². The summed E-state index contributed by atoms with van der Waals surface area (Å²) in [4.78, 5) is 27.5. The molecule has 1 unspecified atom stereocenters. The topological polar surface area (TPSA) is 51.1 Å². The predicted octanol–water partition coefficient (Wildman–Crippen LogP) is 7.57. The van der Waals surface area contributed by atoms with Crippen LogP contribution in [0.1, 0.15) is 34.1 Å². The lowest BCUT2D eigenvalue weighted by molar-refractivity contribution is 0.0918. The van der Waals surface area contributed by atoms with Crippen molar-refractivity contribution in [2.75, 3.05) is 5.32 Å². The molecule has 0 aliphatic rings. The Bertz CT molecular complexity index is 1500. The van der Waals surface area contributed by atoms with Crippen LogP contribution in [0.4, 0.5) is 5.69 Å².